The number of anilines is 2. The van der Waals surface area contributed by atoms with Crippen LogP contribution in [0.4, 0.5) is 11.4 Å². The van der Waals surface area contributed by atoms with Crippen molar-refractivity contribution in [3.63, 3.8) is 0 Å². The average molecular weight is 274 g/mol. The van der Waals surface area contributed by atoms with Crippen LogP contribution in [0.2, 0.25) is 0 Å². The molecule has 5 nitrogen and oxygen atoms in total. The minimum Gasteiger partial charge on any atom is -0.368 e. The van der Waals surface area contributed by atoms with Gasteiger partial charge in [-0.25, -0.2) is 0 Å². The van der Waals surface area contributed by atoms with Crippen LogP contribution in [0.25, 0.3) is 0 Å². The Balaban J connectivity index is 1.86. The molecule has 20 heavy (non-hydrogen) atoms. The van der Waals surface area contributed by atoms with Crippen molar-refractivity contribution in [3.05, 3.63) is 23.8 Å². The van der Waals surface area contributed by atoms with Gasteiger partial charge in [-0.3, -0.25) is 9.69 Å². The SMILES string of the molecule is CN1CCN(c2ccc3c(c2)NC(=O)C3N)CC1(C)C. The molecular weight excluding hydrogens is 252 g/mol. The minimum atomic E-state index is -0.525. The molecule has 0 aliphatic carbocycles. The van der Waals surface area contributed by atoms with Crippen LogP contribution in [0.15, 0.2) is 18.2 Å². The molecular formula is C15H22N4O. The second-order valence-corrected chi connectivity index (χ2v) is 6.39. The van der Waals surface area contributed by atoms with Crippen LogP contribution < -0.4 is 16.0 Å². The summed E-state index contributed by atoms with van der Waals surface area (Å²) in [6.45, 7) is 7.52. The topological polar surface area (TPSA) is 61.6 Å². The van der Waals surface area contributed by atoms with Gasteiger partial charge in [-0.15, -0.1) is 0 Å². The zero-order valence-electron chi connectivity index (χ0n) is 12.3. The molecule has 1 fully saturated rings. The molecule has 3 N–H and O–H groups in total. The van der Waals surface area contributed by atoms with Crippen LogP contribution >= 0.6 is 0 Å². The molecule has 0 radical (unpaired) electrons. The van der Waals surface area contributed by atoms with Crippen LogP contribution in [-0.4, -0.2) is 43.0 Å². The second-order valence-electron chi connectivity index (χ2n) is 6.39. The lowest BCUT2D eigenvalue weighted by Gasteiger charge is -2.46. The number of hydrogen-bond acceptors (Lipinski definition) is 4. The van der Waals surface area contributed by atoms with E-state index in [1.807, 2.05) is 12.1 Å². The summed E-state index contributed by atoms with van der Waals surface area (Å²) in [4.78, 5) is 16.4. The van der Waals surface area contributed by atoms with Gasteiger partial charge in [0.1, 0.15) is 6.04 Å². The molecule has 0 aromatic heterocycles. The maximum atomic E-state index is 11.6. The molecule has 0 saturated carbocycles. The lowest BCUT2D eigenvalue weighted by molar-refractivity contribution is -0.116. The number of nitrogens with two attached hydrogens (primary N) is 1. The molecule has 1 amide bonds. The van der Waals surface area contributed by atoms with E-state index in [4.69, 9.17) is 5.73 Å². The average Bonchev–Trinajstić information content (AvgIpc) is 2.68. The summed E-state index contributed by atoms with van der Waals surface area (Å²) in [5, 5.41) is 2.86. The van der Waals surface area contributed by atoms with Crippen LogP contribution in [0.1, 0.15) is 25.5 Å². The number of rotatable bonds is 1. The highest BCUT2D eigenvalue weighted by molar-refractivity contribution is 6.02. The Morgan fingerprint density at radius 1 is 1.35 bits per heavy atom. The van der Waals surface area contributed by atoms with E-state index >= 15 is 0 Å². The molecule has 1 aromatic rings. The number of hydrogen-bond donors (Lipinski definition) is 2. The van der Waals surface area contributed by atoms with E-state index in [1.54, 1.807) is 0 Å². The first kappa shape index (κ1) is 13.4. The highest BCUT2D eigenvalue weighted by Crippen LogP contribution is 2.34. The second kappa shape index (κ2) is 4.46. The lowest BCUT2D eigenvalue weighted by atomic mass is 9.99. The van der Waals surface area contributed by atoms with Gasteiger partial charge in [-0.2, -0.15) is 0 Å². The third-order valence-corrected chi connectivity index (χ3v) is 4.59. The smallest absolute Gasteiger partial charge is 0.245 e. The summed E-state index contributed by atoms with van der Waals surface area (Å²) in [5.74, 6) is -0.115. The van der Waals surface area contributed by atoms with E-state index in [1.165, 1.54) is 0 Å². The molecule has 1 aromatic carbocycles. The van der Waals surface area contributed by atoms with Crippen molar-refractivity contribution >= 4 is 17.3 Å². The van der Waals surface area contributed by atoms with Crippen molar-refractivity contribution in [3.8, 4) is 0 Å². The molecule has 2 aliphatic rings. The van der Waals surface area contributed by atoms with Gasteiger partial charge in [0.2, 0.25) is 5.91 Å². The first-order valence-corrected chi connectivity index (χ1v) is 7.05. The molecule has 5 heteroatoms. The third-order valence-electron chi connectivity index (χ3n) is 4.59. The standard InChI is InChI=1S/C15H22N4O/c1-15(2)9-19(7-6-18(15)3)10-4-5-11-12(8-10)17-14(20)13(11)16/h4-5,8,13H,6-7,9,16H2,1-3H3,(H,17,20). The molecule has 3 rings (SSSR count). The molecule has 1 atom stereocenters. The first-order chi connectivity index (χ1) is 9.38. The van der Waals surface area contributed by atoms with E-state index in [9.17, 15) is 4.79 Å². The summed E-state index contributed by atoms with van der Waals surface area (Å²) >= 11 is 0. The molecule has 1 unspecified atom stereocenters. The zero-order chi connectivity index (χ0) is 14.5. The molecule has 2 heterocycles. The number of benzene rings is 1. The van der Waals surface area contributed by atoms with Gasteiger partial charge in [-0.1, -0.05) is 6.07 Å². The number of likely N-dealkylation sites (N-methyl/N-ethyl adjacent to an activating group) is 1. The number of carbonyl (C=O) groups excluding carboxylic acids is 1. The van der Waals surface area contributed by atoms with Gasteiger partial charge < -0.3 is 16.0 Å². The molecule has 108 valence electrons. The van der Waals surface area contributed by atoms with E-state index in [-0.39, 0.29) is 11.4 Å². The quantitative estimate of drug-likeness (QED) is 0.807. The predicted molar refractivity (Wildman–Crippen MR) is 80.9 cm³/mol. The van der Waals surface area contributed by atoms with Gasteiger partial charge in [-0.05, 0) is 33.0 Å². The maximum absolute atomic E-state index is 11.6. The highest BCUT2D eigenvalue weighted by atomic mass is 16.2. The highest BCUT2D eigenvalue weighted by Gasteiger charge is 2.32. The Morgan fingerprint density at radius 2 is 2.10 bits per heavy atom. The van der Waals surface area contributed by atoms with E-state index in [0.29, 0.717) is 0 Å². The molecule has 0 spiro atoms. The molecule has 0 bridgehead atoms. The fourth-order valence-corrected chi connectivity index (χ4v) is 2.93. The fraction of sp³-hybridized carbons (Fsp3) is 0.533. The number of fused-ring (bicyclic) bond motifs is 1. The van der Waals surface area contributed by atoms with Gasteiger partial charge >= 0.3 is 0 Å². The maximum Gasteiger partial charge on any atom is 0.245 e. The summed E-state index contributed by atoms with van der Waals surface area (Å²) in [6, 6.07) is 5.56. The predicted octanol–water partition coefficient (Wildman–Crippen LogP) is 1.17. The Kier molecular flexibility index (Phi) is 2.99. The number of amides is 1. The lowest BCUT2D eigenvalue weighted by Crippen LogP contribution is -2.57. The van der Waals surface area contributed by atoms with Crippen LogP contribution in [0, 0.1) is 0 Å². The van der Waals surface area contributed by atoms with Gasteiger partial charge in [0.25, 0.3) is 0 Å². The van der Waals surface area contributed by atoms with Crippen LogP contribution in [-0.2, 0) is 4.79 Å². The van der Waals surface area contributed by atoms with Crippen LogP contribution in [0.5, 0.6) is 0 Å². The summed E-state index contributed by atoms with van der Waals surface area (Å²) < 4.78 is 0. The van der Waals surface area contributed by atoms with E-state index in [2.05, 4.69) is 42.1 Å². The largest absolute Gasteiger partial charge is 0.368 e. The molecule has 2 aliphatic heterocycles. The fourth-order valence-electron chi connectivity index (χ4n) is 2.93. The Labute approximate surface area is 119 Å². The number of nitrogens with zero attached hydrogens (tertiary/aromatic N) is 2. The Hall–Kier alpha value is -1.59. The monoisotopic (exact) mass is 274 g/mol. The van der Waals surface area contributed by atoms with Crippen molar-refractivity contribution in [2.75, 3.05) is 36.9 Å². The van der Waals surface area contributed by atoms with Crippen molar-refractivity contribution in [1.82, 2.24) is 4.90 Å². The zero-order valence-corrected chi connectivity index (χ0v) is 12.3. The van der Waals surface area contributed by atoms with Crippen LogP contribution in [0.3, 0.4) is 0 Å². The van der Waals surface area contributed by atoms with Gasteiger partial charge in [0, 0.05) is 42.1 Å². The first-order valence-electron chi connectivity index (χ1n) is 7.05. The molecule has 1 saturated heterocycles. The van der Waals surface area contributed by atoms with Gasteiger partial charge in [0.15, 0.2) is 0 Å². The third kappa shape index (κ3) is 2.07. The summed E-state index contributed by atoms with van der Waals surface area (Å²) in [6.07, 6.45) is 0. The minimum absolute atomic E-state index is 0.115. The van der Waals surface area contributed by atoms with Gasteiger partial charge in [0.05, 0.1) is 0 Å². The normalized spacial score (nSPS) is 25.5. The summed E-state index contributed by atoms with van der Waals surface area (Å²) in [5.41, 5.74) is 8.90. The van der Waals surface area contributed by atoms with E-state index in [0.717, 1.165) is 36.6 Å². The van der Waals surface area contributed by atoms with E-state index < -0.39 is 6.04 Å². The van der Waals surface area contributed by atoms with Crippen molar-refractivity contribution in [2.24, 2.45) is 5.73 Å². The summed E-state index contributed by atoms with van der Waals surface area (Å²) in [7, 11) is 2.17. The van der Waals surface area contributed by atoms with Crippen molar-refractivity contribution < 1.29 is 4.79 Å². The van der Waals surface area contributed by atoms with Crippen molar-refractivity contribution in [1.29, 1.82) is 0 Å². The number of piperazine rings is 1. The van der Waals surface area contributed by atoms with Crippen molar-refractivity contribution in [2.45, 2.75) is 25.4 Å². The Morgan fingerprint density at radius 3 is 2.80 bits per heavy atom. The Bertz CT molecular complexity index is 555. The number of carbonyl (C=O) groups is 1. The number of nitrogens with one attached hydrogen (secondary N) is 1.